The number of aromatic nitrogens is 2. The van der Waals surface area contributed by atoms with Gasteiger partial charge in [0.1, 0.15) is 17.0 Å². The molecule has 1 saturated heterocycles. The van der Waals surface area contributed by atoms with E-state index in [0.717, 1.165) is 17.2 Å². The Balaban J connectivity index is 1.92. The first kappa shape index (κ1) is 12.8. The summed E-state index contributed by atoms with van der Waals surface area (Å²) in [5.41, 5.74) is 1.31. The van der Waals surface area contributed by atoms with Gasteiger partial charge in [0.2, 0.25) is 0 Å². The van der Waals surface area contributed by atoms with Crippen molar-refractivity contribution in [2.24, 2.45) is 0 Å². The highest BCUT2D eigenvalue weighted by Gasteiger charge is 2.19. The van der Waals surface area contributed by atoms with E-state index in [9.17, 15) is 0 Å². The number of piperidine rings is 1. The molecule has 2 aromatic rings. The minimum absolute atomic E-state index is 0.497. The number of rotatable bonds is 2. The van der Waals surface area contributed by atoms with E-state index in [4.69, 9.17) is 0 Å². The van der Waals surface area contributed by atoms with Gasteiger partial charge in [-0.3, -0.25) is 0 Å². The third-order valence-corrected chi connectivity index (χ3v) is 5.05. The van der Waals surface area contributed by atoms with Gasteiger partial charge in [-0.2, -0.15) is 0 Å². The molecule has 0 aliphatic carbocycles. The predicted molar refractivity (Wildman–Crippen MR) is 81.0 cm³/mol. The van der Waals surface area contributed by atoms with Crippen LogP contribution in [0.4, 0.5) is 5.82 Å². The summed E-state index contributed by atoms with van der Waals surface area (Å²) in [6.07, 6.45) is 4.15. The molecule has 0 spiro atoms. The number of thiophene rings is 1. The molecule has 1 aliphatic rings. The molecule has 1 N–H and O–H groups in total. The van der Waals surface area contributed by atoms with Crippen LogP contribution in [0.1, 0.15) is 23.3 Å². The van der Waals surface area contributed by atoms with Crippen LogP contribution >= 0.6 is 11.3 Å². The van der Waals surface area contributed by atoms with E-state index >= 15 is 0 Å². The number of fused-ring (bicyclic) bond motifs is 1. The Kier molecular flexibility index (Phi) is 3.41. The molecule has 0 bridgehead atoms. The van der Waals surface area contributed by atoms with Gasteiger partial charge in [-0.1, -0.05) is 0 Å². The largest absolute Gasteiger partial charge is 0.365 e. The Morgan fingerprint density at radius 1 is 1.37 bits per heavy atom. The van der Waals surface area contributed by atoms with Crippen molar-refractivity contribution in [3.63, 3.8) is 0 Å². The van der Waals surface area contributed by atoms with Gasteiger partial charge in [-0.25, -0.2) is 9.97 Å². The number of hydrogen-bond acceptors (Lipinski definition) is 5. The lowest BCUT2D eigenvalue weighted by Gasteiger charge is -2.30. The molecule has 1 unspecified atom stereocenters. The van der Waals surface area contributed by atoms with E-state index in [1.807, 2.05) is 0 Å². The number of nitrogens with one attached hydrogen (secondary N) is 1. The predicted octanol–water partition coefficient (Wildman–Crippen LogP) is 2.81. The van der Waals surface area contributed by atoms with Crippen LogP contribution < -0.4 is 5.32 Å². The number of likely N-dealkylation sites (tertiary alicyclic amines) is 1. The van der Waals surface area contributed by atoms with Crippen LogP contribution in [0.5, 0.6) is 0 Å². The average Bonchev–Trinajstić information content (AvgIpc) is 2.66. The zero-order valence-corrected chi connectivity index (χ0v) is 12.5. The molecular weight excluding hydrogens is 256 g/mol. The number of nitrogens with zero attached hydrogens (tertiary/aromatic N) is 3. The van der Waals surface area contributed by atoms with Gasteiger partial charge >= 0.3 is 0 Å². The van der Waals surface area contributed by atoms with Gasteiger partial charge in [0.15, 0.2) is 0 Å². The minimum atomic E-state index is 0.497. The van der Waals surface area contributed by atoms with Crippen LogP contribution in [-0.4, -0.2) is 41.0 Å². The van der Waals surface area contributed by atoms with Crippen molar-refractivity contribution in [3.05, 3.63) is 16.8 Å². The van der Waals surface area contributed by atoms with Crippen molar-refractivity contribution in [1.29, 1.82) is 0 Å². The Morgan fingerprint density at radius 3 is 3.00 bits per heavy atom. The third kappa shape index (κ3) is 2.44. The lowest BCUT2D eigenvalue weighted by Crippen LogP contribution is -2.39. The smallest absolute Gasteiger partial charge is 0.138 e. The van der Waals surface area contributed by atoms with Crippen molar-refractivity contribution in [3.8, 4) is 0 Å². The molecule has 2 aromatic heterocycles. The Labute approximate surface area is 117 Å². The standard InChI is InChI=1S/C14H20N4S/c1-9-10(2)19-14-12(9)13(15-8-16-14)17-11-5-4-6-18(3)7-11/h8,11H,4-7H2,1-3H3,(H,15,16,17). The highest BCUT2D eigenvalue weighted by molar-refractivity contribution is 7.18. The summed E-state index contributed by atoms with van der Waals surface area (Å²) in [5.74, 6) is 1.01. The van der Waals surface area contributed by atoms with Crippen LogP contribution in [0.25, 0.3) is 10.2 Å². The lowest BCUT2D eigenvalue weighted by atomic mass is 10.1. The summed E-state index contributed by atoms with van der Waals surface area (Å²) in [7, 11) is 2.18. The molecule has 102 valence electrons. The molecule has 3 rings (SSSR count). The SMILES string of the molecule is Cc1sc2ncnc(NC3CCCN(C)C3)c2c1C. The molecule has 19 heavy (non-hydrogen) atoms. The fraction of sp³-hybridized carbons (Fsp3) is 0.571. The van der Waals surface area contributed by atoms with Gasteiger partial charge in [-0.05, 0) is 45.8 Å². The molecule has 0 radical (unpaired) electrons. The zero-order valence-electron chi connectivity index (χ0n) is 11.7. The van der Waals surface area contributed by atoms with Gasteiger partial charge in [0.05, 0.1) is 5.39 Å². The van der Waals surface area contributed by atoms with Crippen LogP contribution in [0.3, 0.4) is 0 Å². The third-order valence-electron chi connectivity index (χ3n) is 3.93. The maximum atomic E-state index is 4.47. The van der Waals surface area contributed by atoms with E-state index in [1.165, 1.54) is 35.2 Å². The van der Waals surface area contributed by atoms with Gasteiger partial charge in [0, 0.05) is 17.5 Å². The van der Waals surface area contributed by atoms with E-state index in [1.54, 1.807) is 17.7 Å². The second kappa shape index (κ2) is 5.06. The van der Waals surface area contributed by atoms with Crippen LogP contribution in [0, 0.1) is 13.8 Å². The van der Waals surface area contributed by atoms with Gasteiger partial charge in [-0.15, -0.1) is 11.3 Å². The molecule has 5 heteroatoms. The Hall–Kier alpha value is -1.20. The second-order valence-electron chi connectivity index (χ2n) is 5.43. The highest BCUT2D eigenvalue weighted by Crippen LogP contribution is 2.33. The Bertz CT molecular complexity index is 592. The first-order chi connectivity index (χ1) is 9.15. The maximum Gasteiger partial charge on any atom is 0.138 e. The van der Waals surface area contributed by atoms with E-state index in [2.05, 4.69) is 41.1 Å². The zero-order chi connectivity index (χ0) is 13.4. The van der Waals surface area contributed by atoms with E-state index in [-0.39, 0.29) is 0 Å². The van der Waals surface area contributed by atoms with Crippen molar-refractivity contribution < 1.29 is 0 Å². The summed E-state index contributed by atoms with van der Waals surface area (Å²) in [6.45, 7) is 6.61. The summed E-state index contributed by atoms with van der Waals surface area (Å²) < 4.78 is 0. The quantitative estimate of drug-likeness (QED) is 0.916. The van der Waals surface area contributed by atoms with Crippen molar-refractivity contribution in [1.82, 2.24) is 14.9 Å². The number of hydrogen-bond donors (Lipinski definition) is 1. The van der Waals surface area contributed by atoms with Crippen molar-refractivity contribution in [2.45, 2.75) is 32.7 Å². The minimum Gasteiger partial charge on any atom is -0.365 e. The van der Waals surface area contributed by atoms with Gasteiger partial charge < -0.3 is 10.2 Å². The number of likely N-dealkylation sites (N-methyl/N-ethyl adjacent to an activating group) is 1. The fourth-order valence-corrected chi connectivity index (χ4v) is 3.77. The average molecular weight is 276 g/mol. The lowest BCUT2D eigenvalue weighted by molar-refractivity contribution is 0.261. The molecule has 0 aromatic carbocycles. The summed E-state index contributed by atoms with van der Waals surface area (Å²) in [6, 6.07) is 0.497. The van der Waals surface area contributed by atoms with E-state index in [0.29, 0.717) is 6.04 Å². The monoisotopic (exact) mass is 276 g/mol. The van der Waals surface area contributed by atoms with E-state index < -0.39 is 0 Å². The Morgan fingerprint density at radius 2 is 2.21 bits per heavy atom. The van der Waals surface area contributed by atoms with Gasteiger partial charge in [0.25, 0.3) is 0 Å². The molecular formula is C14H20N4S. The normalized spacial score (nSPS) is 20.9. The first-order valence-electron chi connectivity index (χ1n) is 6.81. The fourth-order valence-electron chi connectivity index (χ4n) is 2.77. The van der Waals surface area contributed by atoms with Crippen molar-refractivity contribution in [2.75, 3.05) is 25.5 Å². The molecule has 4 nitrogen and oxygen atoms in total. The molecule has 1 atom stereocenters. The summed E-state index contributed by atoms with van der Waals surface area (Å²) >= 11 is 1.75. The van der Waals surface area contributed by atoms with Crippen molar-refractivity contribution >= 4 is 27.4 Å². The molecule has 3 heterocycles. The molecule has 0 amide bonds. The molecule has 1 aliphatic heterocycles. The highest BCUT2D eigenvalue weighted by atomic mass is 32.1. The number of anilines is 1. The summed E-state index contributed by atoms with van der Waals surface area (Å²) in [4.78, 5) is 13.7. The first-order valence-corrected chi connectivity index (χ1v) is 7.62. The molecule has 0 saturated carbocycles. The van der Waals surface area contributed by atoms with Crippen LogP contribution in [0.15, 0.2) is 6.33 Å². The molecule has 1 fully saturated rings. The second-order valence-corrected chi connectivity index (χ2v) is 6.63. The van der Waals surface area contributed by atoms with Crippen LogP contribution in [0.2, 0.25) is 0 Å². The number of aryl methyl sites for hydroxylation is 2. The van der Waals surface area contributed by atoms with Crippen LogP contribution in [-0.2, 0) is 0 Å². The topological polar surface area (TPSA) is 41.1 Å². The summed E-state index contributed by atoms with van der Waals surface area (Å²) in [5, 5.41) is 4.83. The maximum absolute atomic E-state index is 4.47.